The van der Waals surface area contributed by atoms with Crippen molar-refractivity contribution in [2.45, 2.75) is 271 Å². The van der Waals surface area contributed by atoms with Crippen molar-refractivity contribution in [3.63, 3.8) is 0 Å². The Kier molecular flexibility index (Phi) is 47.9. The first kappa shape index (κ1) is 58.4. The minimum absolute atomic E-state index is 0.0815. The van der Waals surface area contributed by atoms with Gasteiger partial charge in [-0.1, -0.05) is 217 Å². The van der Waals surface area contributed by atoms with Crippen molar-refractivity contribution in [2.24, 2.45) is 0 Å². The molecule has 0 radical (unpaired) electrons. The fourth-order valence-corrected chi connectivity index (χ4v) is 7.31. The summed E-state index contributed by atoms with van der Waals surface area (Å²) in [5.41, 5.74) is 0. The molecular weight excluding hydrogens is 757 g/mol. The summed E-state index contributed by atoms with van der Waals surface area (Å²) >= 11 is 0. The van der Waals surface area contributed by atoms with E-state index in [4.69, 9.17) is 14.2 Å². The summed E-state index contributed by atoms with van der Waals surface area (Å²) in [7, 11) is 0. The average Bonchev–Trinajstić information content (AvgIpc) is 3.26. The van der Waals surface area contributed by atoms with Crippen molar-refractivity contribution >= 4 is 17.9 Å². The first-order valence-electron chi connectivity index (χ1n) is 26.1. The predicted molar refractivity (Wildman–Crippen MR) is 261 cm³/mol. The topological polar surface area (TPSA) is 78.9 Å². The quantitative estimate of drug-likeness (QED) is 0.0263. The van der Waals surface area contributed by atoms with Crippen LogP contribution in [0.25, 0.3) is 0 Å². The van der Waals surface area contributed by atoms with E-state index >= 15 is 0 Å². The van der Waals surface area contributed by atoms with Crippen LogP contribution in [0.5, 0.6) is 0 Å². The van der Waals surface area contributed by atoms with E-state index in [9.17, 15) is 14.4 Å². The monoisotopic (exact) mass is 855 g/mol. The van der Waals surface area contributed by atoms with Crippen LogP contribution in [0.1, 0.15) is 265 Å². The summed E-state index contributed by atoms with van der Waals surface area (Å²) < 4.78 is 16.8. The molecule has 0 fully saturated rings. The van der Waals surface area contributed by atoms with E-state index in [1.54, 1.807) is 0 Å². The second kappa shape index (κ2) is 50.0. The van der Waals surface area contributed by atoms with Gasteiger partial charge in [0.05, 0.1) is 0 Å². The Morgan fingerprint density at radius 1 is 0.328 bits per heavy atom. The van der Waals surface area contributed by atoms with Gasteiger partial charge >= 0.3 is 17.9 Å². The summed E-state index contributed by atoms with van der Waals surface area (Å²) in [4.78, 5) is 37.9. The molecule has 0 saturated heterocycles. The minimum Gasteiger partial charge on any atom is -0.462 e. The SMILES string of the molecule is CCCC/C=C\CCCCCCCC(=O)O[C@H](COC(=O)CCCCCC/C=C\C/C=C\C/C=C\CCCCC)COC(=O)CCCCCCCCCCCCCCCCC. The molecule has 0 aromatic heterocycles. The zero-order chi connectivity index (χ0) is 44.4. The van der Waals surface area contributed by atoms with Gasteiger partial charge in [-0.2, -0.15) is 0 Å². The van der Waals surface area contributed by atoms with Crippen LogP contribution in [0.3, 0.4) is 0 Å². The molecule has 61 heavy (non-hydrogen) atoms. The molecule has 0 aromatic carbocycles. The number of allylic oxidation sites excluding steroid dienone is 8. The van der Waals surface area contributed by atoms with Gasteiger partial charge in [-0.25, -0.2) is 0 Å². The highest BCUT2D eigenvalue weighted by molar-refractivity contribution is 5.71. The van der Waals surface area contributed by atoms with Gasteiger partial charge in [0, 0.05) is 19.3 Å². The third kappa shape index (κ3) is 48.3. The van der Waals surface area contributed by atoms with Gasteiger partial charge in [0.1, 0.15) is 13.2 Å². The third-order valence-electron chi connectivity index (χ3n) is 11.3. The Bertz CT molecular complexity index is 1070. The van der Waals surface area contributed by atoms with Crippen LogP contribution in [-0.2, 0) is 28.6 Å². The summed E-state index contributed by atoms with van der Waals surface area (Å²) in [5, 5.41) is 0. The Hall–Kier alpha value is -2.63. The van der Waals surface area contributed by atoms with Crippen LogP contribution in [-0.4, -0.2) is 37.2 Å². The molecule has 354 valence electrons. The molecule has 0 aliphatic rings. The Labute approximate surface area is 378 Å². The maximum Gasteiger partial charge on any atom is 0.306 e. The lowest BCUT2D eigenvalue weighted by molar-refractivity contribution is -0.167. The Balaban J connectivity index is 4.37. The normalized spacial score (nSPS) is 12.4. The van der Waals surface area contributed by atoms with Crippen LogP contribution in [0, 0.1) is 0 Å². The van der Waals surface area contributed by atoms with Crippen molar-refractivity contribution in [1.29, 1.82) is 0 Å². The number of esters is 3. The van der Waals surface area contributed by atoms with E-state index in [1.165, 1.54) is 128 Å². The van der Waals surface area contributed by atoms with Gasteiger partial charge in [0.15, 0.2) is 6.10 Å². The molecule has 0 amide bonds. The molecule has 0 heterocycles. The molecule has 6 nitrogen and oxygen atoms in total. The molecule has 6 heteroatoms. The number of rotatable bonds is 47. The summed E-state index contributed by atoms with van der Waals surface area (Å²) in [6.45, 7) is 6.56. The van der Waals surface area contributed by atoms with E-state index in [0.717, 1.165) is 96.3 Å². The molecule has 0 aromatic rings. The lowest BCUT2D eigenvalue weighted by atomic mass is 10.0. The number of unbranched alkanes of at least 4 members (excludes halogenated alkanes) is 28. The zero-order valence-corrected chi connectivity index (χ0v) is 40.4. The van der Waals surface area contributed by atoms with Gasteiger partial charge in [-0.05, 0) is 77.0 Å². The van der Waals surface area contributed by atoms with Gasteiger partial charge in [-0.15, -0.1) is 0 Å². The summed E-state index contributed by atoms with van der Waals surface area (Å²) in [6, 6.07) is 0. The van der Waals surface area contributed by atoms with Crippen molar-refractivity contribution in [2.75, 3.05) is 13.2 Å². The molecule has 0 rings (SSSR count). The molecule has 0 aliphatic heterocycles. The van der Waals surface area contributed by atoms with E-state index in [1.807, 2.05) is 0 Å². The Morgan fingerprint density at radius 3 is 1.02 bits per heavy atom. The fourth-order valence-electron chi connectivity index (χ4n) is 7.31. The molecule has 0 spiro atoms. The predicted octanol–water partition coefficient (Wildman–Crippen LogP) is 17.1. The van der Waals surface area contributed by atoms with Crippen molar-refractivity contribution in [3.8, 4) is 0 Å². The largest absolute Gasteiger partial charge is 0.462 e. The lowest BCUT2D eigenvalue weighted by Crippen LogP contribution is -2.30. The van der Waals surface area contributed by atoms with Crippen LogP contribution in [0.4, 0.5) is 0 Å². The van der Waals surface area contributed by atoms with E-state index in [0.29, 0.717) is 19.3 Å². The molecule has 0 unspecified atom stereocenters. The number of hydrogen-bond acceptors (Lipinski definition) is 6. The second-order valence-electron chi connectivity index (χ2n) is 17.4. The van der Waals surface area contributed by atoms with Crippen molar-refractivity contribution < 1.29 is 28.6 Å². The molecule has 0 bridgehead atoms. The number of hydrogen-bond donors (Lipinski definition) is 0. The minimum atomic E-state index is -0.783. The molecule has 0 aliphatic carbocycles. The standard InChI is InChI=1S/C55H98O6/c1-4-7-10-13-16-19-22-24-26-27-29-31-34-36-39-42-45-48-54(57)60-51-52(61-55(58)49-46-43-40-37-32-21-18-15-12-9-6-3)50-59-53(56)47-44-41-38-35-33-30-28-25-23-20-17-14-11-8-5-2/h15-16,18-19,24,26,29,31,52H,4-14,17,20-23,25,27-28,30,32-51H2,1-3H3/b18-15-,19-16-,26-24-,31-29-/t52-/m0/s1. The first-order valence-corrected chi connectivity index (χ1v) is 26.1. The van der Waals surface area contributed by atoms with E-state index in [-0.39, 0.29) is 31.1 Å². The molecule has 1 atom stereocenters. The van der Waals surface area contributed by atoms with E-state index in [2.05, 4.69) is 69.4 Å². The molecular formula is C55H98O6. The highest BCUT2D eigenvalue weighted by atomic mass is 16.6. The second-order valence-corrected chi connectivity index (χ2v) is 17.4. The summed E-state index contributed by atoms with van der Waals surface area (Å²) in [6.07, 6.45) is 59.5. The highest BCUT2D eigenvalue weighted by Gasteiger charge is 2.19. The van der Waals surface area contributed by atoms with Crippen LogP contribution in [0.15, 0.2) is 48.6 Å². The van der Waals surface area contributed by atoms with Crippen LogP contribution < -0.4 is 0 Å². The Morgan fingerprint density at radius 2 is 0.607 bits per heavy atom. The molecule has 0 saturated carbocycles. The average molecular weight is 855 g/mol. The van der Waals surface area contributed by atoms with Crippen molar-refractivity contribution in [1.82, 2.24) is 0 Å². The number of ether oxygens (including phenoxy) is 3. The van der Waals surface area contributed by atoms with Gasteiger partial charge in [0.2, 0.25) is 0 Å². The lowest BCUT2D eigenvalue weighted by Gasteiger charge is -2.18. The highest BCUT2D eigenvalue weighted by Crippen LogP contribution is 2.15. The number of carbonyl (C=O) groups excluding carboxylic acids is 3. The molecule has 0 N–H and O–H groups in total. The maximum absolute atomic E-state index is 12.8. The van der Waals surface area contributed by atoms with Gasteiger partial charge in [0.25, 0.3) is 0 Å². The zero-order valence-electron chi connectivity index (χ0n) is 40.4. The van der Waals surface area contributed by atoms with Gasteiger partial charge in [-0.3, -0.25) is 14.4 Å². The van der Waals surface area contributed by atoms with Gasteiger partial charge < -0.3 is 14.2 Å². The summed E-state index contributed by atoms with van der Waals surface area (Å²) in [5.74, 6) is -0.906. The maximum atomic E-state index is 12.8. The fraction of sp³-hybridized carbons (Fsp3) is 0.800. The van der Waals surface area contributed by atoms with Crippen LogP contribution >= 0.6 is 0 Å². The number of carbonyl (C=O) groups is 3. The van der Waals surface area contributed by atoms with Crippen molar-refractivity contribution in [3.05, 3.63) is 48.6 Å². The third-order valence-corrected chi connectivity index (χ3v) is 11.3. The first-order chi connectivity index (χ1) is 30.0. The van der Waals surface area contributed by atoms with E-state index < -0.39 is 6.10 Å². The smallest absolute Gasteiger partial charge is 0.306 e. The van der Waals surface area contributed by atoms with Crippen LogP contribution in [0.2, 0.25) is 0 Å².